The predicted molar refractivity (Wildman–Crippen MR) is 51.9 cm³/mol. The van der Waals surface area contributed by atoms with E-state index in [0.717, 1.165) is 6.42 Å². The standard InChI is InChI=1S/C10H17NO/c1-2-3-4-5-6-7-8-9-11-10-12/h5-8,10H,2-4,9H2,1H3,(H,11,12)/b6-5+,8-7+. The lowest BCUT2D eigenvalue weighted by molar-refractivity contribution is -0.109. The first-order valence-electron chi connectivity index (χ1n) is 4.40. The van der Waals surface area contributed by atoms with Crippen molar-refractivity contribution in [2.45, 2.75) is 26.2 Å². The highest BCUT2D eigenvalue weighted by atomic mass is 16.1. The second-order valence-corrected chi connectivity index (χ2v) is 2.52. The van der Waals surface area contributed by atoms with E-state index in [-0.39, 0.29) is 0 Å². The quantitative estimate of drug-likeness (QED) is 0.351. The molecule has 0 radical (unpaired) electrons. The minimum Gasteiger partial charge on any atom is -0.355 e. The monoisotopic (exact) mass is 167 g/mol. The minimum absolute atomic E-state index is 0.613. The van der Waals surface area contributed by atoms with Gasteiger partial charge in [-0.1, -0.05) is 44.1 Å². The minimum atomic E-state index is 0.613. The van der Waals surface area contributed by atoms with Crippen LogP contribution >= 0.6 is 0 Å². The number of amides is 1. The van der Waals surface area contributed by atoms with Crippen molar-refractivity contribution in [1.29, 1.82) is 0 Å². The van der Waals surface area contributed by atoms with Crippen molar-refractivity contribution in [2.75, 3.05) is 6.54 Å². The Hall–Kier alpha value is -1.05. The molecular weight excluding hydrogens is 150 g/mol. The summed E-state index contributed by atoms with van der Waals surface area (Å²) in [6.07, 6.45) is 12.3. The predicted octanol–water partition coefficient (Wildman–Crippen LogP) is 2.04. The maximum absolute atomic E-state index is 9.82. The summed E-state index contributed by atoms with van der Waals surface area (Å²) in [5.74, 6) is 0. The normalized spacial score (nSPS) is 11.1. The highest BCUT2D eigenvalue weighted by molar-refractivity contribution is 5.46. The van der Waals surface area contributed by atoms with E-state index in [0.29, 0.717) is 13.0 Å². The fraction of sp³-hybridized carbons (Fsp3) is 0.500. The fourth-order valence-corrected chi connectivity index (χ4v) is 0.760. The molecule has 0 aromatic rings. The summed E-state index contributed by atoms with van der Waals surface area (Å²) in [5, 5.41) is 2.55. The van der Waals surface area contributed by atoms with E-state index in [1.54, 1.807) is 0 Å². The van der Waals surface area contributed by atoms with Crippen LogP contribution in [0.2, 0.25) is 0 Å². The van der Waals surface area contributed by atoms with Gasteiger partial charge in [-0.25, -0.2) is 0 Å². The van der Waals surface area contributed by atoms with Gasteiger partial charge in [-0.2, -0.15) is 0 Å². The highest BCUT2D eigenvalue weighted by Crippen LogP contribution is 1.94. The molecule has 0 unspecified atom stereocenters. The van der Waals surface area contributed by atoms with Crippen molar-refractivity contribution in [1.82, 2.24) is 5.32 Å². The van der Waals surface area contributed by atoms with Gasteiger partial charge in [0.05, 0.1) is 0 Å². The summed E-state index contributed by atoms with van der Waals surface area (Å²) in [7, 11) is 0. The number of nitrogens with one attached hydrogen (secondary N) is 1. The van der Waals surface area contributed by atoms with E-state index >= 15 is 0 Å². The van der Waals surface area contributed by atoms with E-state index in [4.69, 9.17) is 0 Å². The van der Waals surface area contributed by atoms with Crippen molar-refractivity contribution in [3.8, 4) is 0 Å². The van der Waals surface area contributed by atoms with Gasteiger partial charge in [0.2, 0.25) is 6.41 Å². The van der Waals surface area contributed by atoms with Crippen molar-refractivity contribution in [3.05, 3.63) is 24.3 Å². The first-order valence-corrected chi connectivity index (χ1v) is 4.40. The molecule has 0 rings (SSSR count). The maximum atomic E-state index is 9.82. The van der Waals surface area contributed by atoms with Crippen LogP contribution in [0.3, 0.4) is 0 Å². The topological polar surface area (TPSA) is 29.1 Å². The Kier molecular flexibility index (Phi) is 9.08. The molecule has 2 heteroatoms. The Morgan fingerprint density at radius 3 is 2.67 bits per heavy atom. The van der Waals surface area contributed by atoms with Crippen LogP contribution in [0.1, 0.15) is 26.2 Å². The van der Waals surface area contributed by atoms with Crippen molar-refractivity contribution < 1.29 is 4.79 Å². The maximum Gasteiger partial charge on any atom is 0.207 e. The number of carbonyl (C=O) groups is 1. The number of carbonyl (C=O) groups excluding carboxylic acids is 1. The molecule has 12 heavy (non-hydrogen) atoms. The lowest BCUT2D eigenvalue weighted by atomic mass is 10.2. The van der Waals surface area contributed by atoms with E-state index in [1.165, 1.54) is 12.8 Å². The molecule has 0 aromatic carbocycles. The molecule has 0 spiro atoms. The van der Waals surface area contributed by atoms with E-state index in [2.05, 4.69) is 18.3 Å². The summed E-state index contributed by atoms with van der Waals surface area (Å²) >= 11 is 0. The van der Waals surface area contributed by atoms with E-state index in [9.17, 15) is 4.79 Å². The summed E-state index contributed by atoms with van der Waals surface area (Å²) in [6.45, 7) is 2.79. The first kappa shape index (κ1) is 11.0. The van der Waals surface area contributed by atoms with Gasteiger partial charge < -0.3 is 5.32 Å². The molecule has 0 saturated carbocycles. The third-order valence-electron chi connectivity index (χ3n) is 1.43. The number of rotatable bonds is 7. The van der Waals surface area contributed by atoms with Gasteiger partial charge in [0.25, 0.3) is 0 Å². The van der Waals surface area contributed by atoms with Crippen LogP contribution < -0.4 is 5.32 Å². The lowest BCUT2D eigenvalue weighted by Gasteiger charge is -1.87. The van der Waals surface area contributed by atoms with Gasteiger partial charge in [0, 0.05) is 6.54 Å². The number of hydrogen-bond acceptors (Lipinski definition) is 1. The third kappa shape index (κ3) is 8.95. The van der Waals surface area contributed by atoms with Crippen molar-refractivity contribution >= 4 is 6.41 Å². The van der Waals surface area contributed by atoms with Gasteiger partial charge in [-0.05, 0) is 6.42 Å². The molecule has 0 fully saturated rings. The zero-order valence-corrected chi connectivity index (χ0v) is 7.62. The van der Waals surface area contributed by atoms with Crippen LogP contribution in [0.25, 0.3) is 0 Å². The molecule has 0 aliphatic heterocycles. The molecular formula is C10H17NO. The van der Waals surface area contributed by atoms with Crippen LogP contribution in [0.5, 0.6) is 0 Å². The molecule has 68 valence electrons. The Balaban J connectivity index is 3.20. The van der Waals surface area contributed by atoms with Crippen LogP contribution in [0.4, 0.5) is 0 Å². The van der Waals surface area contributed by atoms with Crippen LogP contribution in [-0.2, 0) is 4.79 Å². The van der Waals surface area contributed by atoms with Gasteiger partial charge in [-0.3, -0.25) is 4.79 Å². The van der Waals surface area contributed by atoms with Crippen LogP contribution in [0, 0.1) is 0 Å². The van der Waals surface area contributed by atoms with E-state index < -0.39 is 0 Å². The van der Waals surface area contributed by atoms with Gasteiger partial charge >= 0.3 is 0 Å². The molecule has 0 aliphatic rings. The second kappa shape index (κ2) is 9.95. The van der Waals surface area contributed by atoms with Gasteiger partial charge in [-0.15, -0.1) is 0 Å². The largest absolute Gasteiger partial charge is 0.355 e. The van der Waals surface area contributed by atoms with Crippen molar-refractivity contribution in [2.24, 2.45) is 0 Å². The number of hydrogen-bond donors (Lipinski definition) is 1. The molecule has 2 nitrogen and oxygen atoms in total. The van der Waals surface area contributed by atoms with Crippen molar-refractivity contribution in [3.63, 3.8) is 0 Å². The Labute approximate surface area is 74.4 Å². The SMILES string of the molecule is CCCC/C=C/C=C/CNC=O. The van der Waals surface area contributed by atoms with E-state index in [1.807, 2.05) is 18.2 Å². The van der Waals surface area contributed by atoms with Gasteiger partial charge in [0.15, 0.2) is 0 Å². The summed E-state index contributed by atoms with van der Waals surface area (Å²) in [4.78, 5) is 9.82. The molecule has 0 saturated heterocycles. The molecule has 0 atom stereocenters. The zero-order valence-electron chi connectivity index (χ0n) is 7.62. The molecule has 0 aromatic heterocycles. The molecule has 0 heterocycles. The smallest absolute Gasteiger partial charge is 0.207 e. The zero-order chi connectivity index (χ0) is 9.07. The molecule has 0 bridgehead atoms. The first-order chi connectivity index (χ1) is 5.91. The third-order valence-corrected chi connectivity index (χ3v) is 1.43. The Bertz CT molecular complexity index is 150. The Morgan fingerprint density at radius 2 is 2.00 bits per heavy atom. The van der Waals surface area contributed by atoms with Crippen LogP contribution in [0.15, 0.2) is 24.3 Å². The average molecular weight is 167 g/mol. The number of unbranched alkanes of at least 4 members (excludes halogenated alkanes) is 2. The molecule has 0 aliphatic carbocycles. The summed E-state index contributed by atoms with van der Waals surface area (Å²) in [6, 6.07) is 0. The van der Waals surface area contributed by atoms with Crippen LogP contribution in [-0.4, -0.2) is 13.0 Å². The second-order valence-electron chi connectivity index (χ2n) is 2.52. The summed E-state index contributed by atoms with van der Waals surface area (Å²) in [5.41, 5.74) is 0. The lowest BCUT2D eigenvalue weighted by Crippen LogP contribution is -2.08. The highest BCUT2D eigenvalue weighted by Gasteiger charge is 1.75. The Morgan fingerprint density at radius 1 is 1.25 bits per heavy atom. The molecule has 1 amide bonds. The number of allylic oxidation sites excluding steroid dienone is 3. The summed E-state index contributed by atoms with van der Waals surface area (Å²) < 4.78 is 0. The average Bonchev–Trinajstić information content (AvgIpc) is 2.10. The van der Waals surface area contributed by atoms with Gasteiger partial charge in [0.1, 0.15) is 0 Å². The fourth-order valence-electron chi connectivity index (χ4n) is 0.760. The molecule has 1 N–H and O–H groups in total.